The van der Waals surface area contributed by atoms with Crippen LogP contribution in [0.4, 0.5) is 13.6 Å². The summed E-state index contributed by atoms with van der Waals surface area (Å²) in [5, 5.41) is 29.0. The van der Waals surface area contributed by atoms with Gasteiger partial charge in [0.05, 0.1) is 34.9 Å². The van der Waals surface area contributed by atoms with Crippen LogP contribution < -0.4 is 34.0 Å². The quantitative estimate of drug-likeness (QED) is 0.101. The summed E-state index contributed by atoms with van der Waals surface area (Å²) in [6.45, 7) is 0.748. The van der Waals surface area contributed by atoms with Gasteiger partial charge in [0.15, 0.2) is 6.61 Å². The topological polar surface area (TPSA) is 174 Å². The third kappa shape index (κ3) is 8.62. The number of imide groups is 1. The van der Waals surface area contributed by atoms with Crippen molar-refractivity contribution in [3.05, 3.63) is 87.8 Å². The molecule has 3 heterocycles. The van der Waals surface area contributed by atoms with Gasteiger partial charge in [0.25, 0.3) is 5.82 Å². The highest BCUT2D eigenvalue weighted by Crippen LogP contribution is 2.41. The van der Waals surface area contributed by atoms with E-state index in [0.29, 0.717) is 22.7 Å². The van der Waals surface area contributed by atoms with Crippen molar-refractivity contribution >= 4 is 29.3 Å². The van der Waals surface area contributed by atoms with Gasteiger partial charge in [0.2, 0.25) is 5.91 Å². The second-order valence-electron chi connectivity index (χ2n) is 11.2. The monoisotopic (exact) mass is 807 g/mol. The van der Waals surface area contributed by atoms with Crippen molar-refractivity contribution in [2.45, 2.75) is 50.5 Å². The fourth-order valence-electron chi connectivity index (χ4n) is 5.33. The second-order valence-corrected chi connectivity index (χ2v) is 12.1. The van der Waals surface area contributed by atoms with Crippen molar-refractivity contribution in [1.29, 1.82) is 5.26 Å². The number of aromatic nitrogens is 4. The molecule has 3 atom stereocenters. The number of carbonyl (C=O) groups is 3. The molecule has 1 fully saturated rings. The number of nitrogens with zero attached hydrogens (tertiary/aromatic N) is 5. The first-order valence-corrected chi connectivity index (χ1v) is 15.8. The van der Waals surface area contributed by atoms with Crippen LogP contribution in [0, 0.1) is 23.0 Å². The number of ether oxygens (including phenoxy) is 2. The van der Waals surface area contributed by atoms with Gasteiger partial charge in [-0.25, -0.2) is 23.5 Å². The SMILES string of the molecule is CNCC(=O)OC[C@@H]1CCC(=O)N1C(=O)OCc1nc[n+](C[C@](O)(c2cc(F)ccc2F)[C@@H](C)c2nc(-c3ccc(C#N)cc3)cs2)[nH]1.[I-]. The molecule has 3 N–H and O–H groups in total. The molecule has 0 unspecified atom stereocenters. The average Bonchev–Trinajstić information content (AvgIpc) is 3.84. The number of carbonyl (C=O) groups excluding carboxylic acids is 3. The molecule has 0 aliphatic carbocycles. The summed E-state index contributed by atoms with van der Waals surface area (Å²) >= 11 is 1.23. The van der Waals surface area contributed by atoms with Crippen LogP contribution in [0.5, 0.6) is 0 Å². The summed E-state index contributed by atoms with van der Waals surface area (Å²) in [6.07, 6.45) is 0.755. The number of likely N-dealkylation sites (N-methyl/N-ethyl adjacent to an activating group) is 1. The van der Waals surface area contributed by atoms with Gasteiger partial charge in [0.1, 0.15) is 30.4 Å². The minimum absolute atomic E-state index is 0. The lowest BCUT2D eigenvalue weighted by Crippen LogP contribution is -3.00. The molecule has 258 valence electrons. The highest BCUT2D eigenvalue weighted by atomic mass is 127. The van der Waals surface area contributed by atoms with E-state index in [0.717, 1.165) is 28.7 Å². The molecule has 2 aromatic heterocycles. The van der Waals surface area contributed by atoms with Gasteiger partial charge in [0, 0.05) is 28.8 Å². The molecule has 17 heteroatoms. The molecule has 4 aromatic rings. The van der Waals surface area contributed by atoms with E-state index >= 15 is 4.39 Å². The lowest BCUT2D eigenvalue weighted by molar-refractivity contribution is -0.765. The van der Waals surface area contributed by atoms with Crippen LogP contribution in [-0.2, 0) is 37.8 Å². The third-order valence-electron chi connectivity index (χ3n) is 7.96. The Morgan fingerprint density at radius 1 is 1.27 bits per heavy atom. The Bertz CT molecular complexity index is 1850. The van der Waals surface area contributed by atoms with Crippen LogP contribution in [0.3, 0.4) is 0 Å². The Morgan fingerprint density at radius 3 is 2.73 bits per heavy atom. The highest BCUT2D eigenvalue weighted by Gasteiger charge is 2.44. The molecule has 1 saturated heterocycles. The lowest BCUT2D eigenvalue weighted by Gasteiger charge is -2.32. The van der Waals surface area contributed by atoms with E-state index in [1.165, 1.54) is 22.3 Å². The number of H-pyrrole nitrogens is 1. The van der Waals surface area contributed by atoms with Crippen molar-refractivity contribution in [2.24, 2.45) is 0 Å². The zero-order chi connectivity index (χ0) is 34.4. The third-order valence-corrected chi connectivity index (χ3v) is 8.99. The summed E-state index contributed by atoms with van der Waals surface area (Å²) in [6, 6.07) is 11.0. The molecular weight excluding hydrogens is 775 g/mol. The molecule has 0 radical (unpaired) electrons. The predicted octanol–water partition coefficient (Wildman–Crippen LogP) is 0.0563. The summed E-state index contributed by atoms with van der Waals surface area (Å²) in [5.74, 6) is -3.29. The summed E-state index contributed by atoms with van der Waals surface area (Å²) in [5.41, 5.74) is -0.531. The molecule has 5 rings (SSSR count). The van der Waals surface area contributed by atoms with Gasteiger partial charge >= 0.3 is 18.4 Å². The maximum absolute atomic E-state index is 15.2. The molecule has 2 aromatic carbocycles. The number of esters is 1. The van der Waals surface area contributed by atoms with Gasteiger partial charge in [-0.3, -0.25) is 9.59 Å². The zero-order valence-electron chi connectivity index (χ0n) is 26.4. The molecule has 1 aliphatic rings. The van der Waals surface area contributed by atoms with Crippen LogP contribution in [0.2, 0.25) is 0 Å². The van der Waals surface area contributed by atoms with E-state index in [-0.39, 0.29) is 68.1 Å². The summed E-state index contributed by atoms with van der Waals surface area (Å²) in [4.78, 5) is 46.7. The maximum Gasteiger partial charge on any atom is 0.417 e. The van der Waals surface area contributed by atoms with Crippen LogP contribution in [0.15, 0.2) is 54.2 Å². The fraction of sp³-hybridized carbons (Fsp3) is 0.344. The maximum atomic E-state index is 15.2. The van der Waals surface area contributed by atoms with Crippen molar-refractivity contribution in [3.8, 4) is 17.3 Å². The van der Waals surface area contributed by atoms with Crippen LogP contribution in [-0.4, -0.2) is 69.3 Å². The van der Waals surface area contributed by atoms with E-state index in [2.05, 4.69) is 26.5 Å². The number of amides is 2. The molecule has 1 aliphatic heterocycles. The highest BCUT2D eigenvalue weighted by molar-refractivity contribution is 7.10. The van der Waals surface area contributed by atoms with Gasteiger partial charge in [-0.05, 0) is 48.8 Å². The number of nitriles is 1. The number of nitrogens with one attached hydrogen (secondary N) is 2. The minimum atomic E-state index is -2.04. The summed E-state index contributed by atoms with van der Waals surface area (Å²) < 4.78 is 41.4. The standard InChI is InChI=1S/C32H31F2N7O6S.HI/c1-19(30-38-26(16-48-30)21-5-3-20(12-35)4-6-21)32(45,24-11-22(33)7-9-25(24)34)17-40-18-37-27(39-40)15-47-31(44)41-23(8-10-28(41)42)14-46-29(43)13-36-2;/h3-7,9,11,16,18-19,23,36,45H,8,10,13-15,17H2,1-2H3;1H/t19-,23-,32+;/m0./s1. The number of likely N-dealkylation sites (tertiary alicyclic amines) is 1. The molecule has 2 amide bonds. The minimum Gasteiger partial charge on any atom is -1.00 e. The van der Waals surface area contributed by atoms with Crippen molar-refractivity contribution in [2.75, 3.05) is 20.2 Å². The number of aliphatic hydroxyl groups is 1. The first-order chi connectivity index (χ1) is 23.0. The lowest BCUT2D eigenvalue weighted by atomic mass is 9.82. The average molecular weight is 808 g/mol. The van der Waals surface area contributed by atoms with Gasteiger partial charge in [-0.2, -0.15) is 15.0 Å². The molecule has 49 heavy (non-hydrogen) atoms. The van der Waals surface area contributed by atoms with Crippen molar-refractivity contribution < 1.29 is 66.4 Å². The molecule has 13 nitrogen and oxygen atoms in total. The van der Waals surface area contributed by atoms with Crippen LogP contribution in [0.25, 0.3) is 11.3 Å². The van der Waals surface area contributed by atoms with E-state index in [4.69, 9.17) is 14.7 Å². The predicted molar refractivity (Wildman–Crippen MR) is 165 cm³/mol. The van der Waals surface area contributed by atoms with Crippen molar-refractivity contribution in [3.63, 3.8) is 0 Å². The van der Waals surface area contributed by atoms with Crippen molar-refractivity contribution in [1.82, 2.24) is 25.3 Å². The molecule has 0 bridgehead atoms. The molecule has 0 saturated carbocycles. The Labute approximate surface area is 300 Å². The first kappa shape index (κ1) is 37.4. The number of rotatable bonds is 12. The molecule has 0 spiro atoms. The number of benzene rings is 2. The largest absolute Gasteiger partial charge is 1.00 e. The second kappa shape index (κ2) is 16.3. The van der Waals surface area contributed by atoms with Crippen LogP contribution >= 0.6 is 11.3 Å². The number of thiazole rings is 1. The molecular formula is C32H32F2IN7O6S. The number of hydrogen-bond acceptors (Lipinski definition) is 11. The van der Waals surface area contributed by atoms with Gasteiger partial charge < -0.3 is 43.9 Å². The Kier molecular flexibility index (Phi) is 12.5. The van der Waals surface area contributed by atoms with E-state index < -0.39 is 47.2 Å². The van der Waals surface area contributed by atoms with E-state index in [1.54, 1.807) is 43.6 Å². The Morgan fingerprint density at radius 2 is 2.02 bits per heavy atom. The van der Waals surface area contributed by atoms with E-state index in [1.807, 2.05) is 0 Å². The Balaban J connectivity index is 0.00000541. The normalized spacial score (nSPS) is 16.0. The number of aromatic amines is 1. The zero-order valence-corrected chi connectivity index (χ0v) is 29.3. The van der Waals surface area contributed by atoms with E-state index in [9.17, 15) is 23.9 Å². The number of halogens is 3. The smallest absolute Gasteiger partial charge is 0.417 e. The number of hydrogen-bond donors (Lipinski definition) is 3. The summed E-state index contributed by atoms with van der Waals surface area (Å²) in [7, 11) is 1.58. The van der Waals surface area contributed by atoms with Crippen LogP contribution in [0.1, 0.15) is 47.6 Å². The van der Waals surface area contributed by atoms with Gasteiger partial charge in [-0.1, -0.05) is 19.1 Å². The first-order valence-electron chi connectivity index (χ1n) is 14.9. The Hall–Kier alpha value is -4.38. The fourth-order valence-corrected chi connectivity index (χ4v) is 6.30. The van der Waals surface area contributed by atoms with Gasteiger partial charge in [-0.15, -0.1) is 11.3 Å².